The molecule has 3 unspecified atom stereocenters. The molecule has 0 aromatic heterocycles. The molecule has 5 nitrogen and oxygen atoms in total. The molecule has 8 heteroatoms. The average molecular weight is 326 g/mol. The summed E-state index contributed by atoms with van der Waals surface area (Å²) in [6.07, 6.45) is 2.38. The van der Waals surface area contributed by atoms with Gasteiger partial charge < -0.3 is 4.74 Å². The van der Waals surface area contributed by atoms with E-state index >= 15 is 0 Å². The van der Waals surface area contributed by atoms with E-state index in [-0.39, 0.29) is 10.8 Å². The smallest absolute Gasteiger partial charge is 0.402 e. The van der Waals surface area contributed by atoms with Crippen molar-refractivity contribution < 1.29 is 31.3 Å². The lowest BCUT2D eigenvalue weighted by Crippen LogP contribution is -2.40. The van der Waals surface area contributed by atoms with E-state index < -0.39 is 33.9 Å². The first-order chi connectivity index (χ1) is 9.33. The Kier molecular flexibility index (Phi) is 3.65. The summed E-state index contributed by atoms with van der Waals surface area (Å²) in [6, 6.07) is 0. The van der Waals surface area contributed by atoms with E-state index in [1.807, 2.05) is 6.92 Å². The summed E-state index contributed by atoms with van der Waals surface area (Å²) in [4.78, 5) is 12.1. The highest BCUT2D eigenvalue weighted by Gasteiger charge is 2.64. The fraction of sp³-hybridized carbons (Fsp3) is 0.923. The Morgan fingerprint density at radius 3 is 2.33 bits per heavy atom. The summed E-state index contributed by atoms with van der Waals surface area (Å²) in [6.45, 7) is 4.42. The van der Waals surface area contributed by atoms with Crippen LogP contribution in [0.25, 0.3) is 0 Å². The highest BCUT2D eigenvalue weighted by molar-refractivity contribution is 7.86. The van der Waals surface area contributed by atoms with Crippen LogP contribution in [0.5, 0.6) is 0 Å². The Morgan fingerprint density at radius 1 is 1.38 bits per heavy atom. The van der Waals surface area contributed by atoms with Gasteiger partial charge in [0.2, 0.25) is 0 Å². The summed E-state index contributed by atoms with van der Waals surface area (Å²) in [5.74, 6) is -0.985. The molecule has 0 heterocycles. The van der Waals surface area contributed by atoms with Gasteiger partial charge in [0.15, 0.2) is 6.61 Å². The lowest BCUT2D eigenvalue weighted by atomic mass is 9.67. The molecular formula is C13H20F2O5S. The zero-order chi connectivity index (χ0) is 16.3. The third kappa shape index (κ3) is 2.36. The van der Waals surface area contributed by atoms with Crippen LogP contribution in [0.1, 0.15) is 40.0 Å². The van der Waals surface area contributed by atoms with Crippen molar-refractivity contribution in [1.29, 1.82) is 0 Å². The number of halogens is 2. The third-order valence-electron chi connectivity index (χ3n) is 5.84. The number of carbonyl (C=O) groups excluding carboxylic acids is 1. The van der Waals surface area contributed by atoms with Crippen LogP contribution in [0.4, 0.5) is 8.78 Å². The number of hydrogen-bond acceptors (Lipinski definition) is 4. The van der Waals surface area contributed by atoms with Crippen LogP contribution >= 0.6 is 0 Å². The van der Waals surface area contributed by atoms with Crippen molar-refractivity contribution in [2.45, 2.75) is 45.3 Å². The Bertz CT molecular complexity index is 557. The van der Waals surface area contributed by atoms with Gasteiger partial charge in [-0.2, -0.15) is 17.2 Å². The molecule has 122 valence electrons. The van der Waals surface area contributed by atoms with Crippen LogP contribution in [0.15, 0.2) is 0 Å². The summed E-state index contributed by atoms with van der Waals surface area (Å²) in [5, 5.41) is -4.48. The van der Waals surface area contributed by atoms with Crippen molar-refractivity contribution in [3.63, 3.8) is 0 Å². The minimum absolute atomic E-state index is 0.0811. The fourth-order valence-electron chi connectivity index (χ4n) is 3.89. The maximum Gasteiger partial charge on any atom is 0.402 e. The monoisotopic (exact) mass is 326 g/mol. The lowest BCUT2D eigenvalue weighted by molar-refractivity contribution is -0.159. The maximum absolute atomic E-state index is 13.1. The van der Waals surface area contributed by atoms with Gasteiger partial charge in [-0.25, -0.2) is 0 Å². The van der Waals surface area contributed by atoms with Crippen molar-refractivity contribution in [2.75, 3.05) is 6.61 Å². The van der Waals surface area contributed by atoms with Crippen molar-refractivity contribution >= 4 is 16.1 Å². The van der Waals surface area contributed by atoms with E-state index in [9.17, 15) is 22.0 Å². The van der Waals surface area contributed by atoms with Gasteiger partial charge in [0.1, 0.15) is 0 Å². The van der Waals surface area contributed by atoms with Crippen molar-refractivity contribution in [2.24, 2.45) is 22.7 Å². The number of rotatable bonds is 4. The quantitative estimate of drug-likeness (QED) is 0.634. The molecule has 0 radical (unpaired) electrons. The predicted octanol–water partition coefficient (Wildman–Crippen LogP) is 2.47. The second-order valence-electron chi connectivity index (χ2n) is 6.88. The second kappa shape index (κ2) is 4.62. The summed E-state index contributed by atoms with van der Waals surface area (Å²) in [5.41, 5.74) is -0.412. The molecule has 2 saturated carbocycles. The molecule has 2 bridgehead atoms. The van der Waals surface area contributed by atoms with Gasteiger partial charge in [0.05, 0.1) is 5.92 Å². The van der Waals surface area contributed by atoms with Gasteiger partial charge in [-0.1, -0.05) is 20.8 Å². The second-order valence-corrected chi connectivity index (χ2v) is 8.43. The van der Waals surface area contributed by atoms with Gasteiger partial charge in [0.25, 0.3) is 0 Å². The van der Waals surface area contributed by atoms with Gasteiger partial charge >= 0.3 is 21.3 Å². The van der Waals surface area contributed by atoms with E-state index in [4.69, 9.17) is 4.55 Å². The first-order valence-corrected chi connectivity index (χ1v) is 8.28. The Balaban J connectivity index is 2.07. The molecule has 0 saturated heterocycles. The molecular weight excluding hydrogens is 306 g/mol. The van der Waals surface area contributed by atoms with Gasteiger partial charge in [-0.15, -0.1) is 0 Å². The third-order valence-corrected chi connectivity index (χ3v) is 6.71. The van der Waals surface area contributed by atoms with Crippen LogP contribution in [0, 0.1) is 22.7 Å². The lowest BCUT2D eigenvalue weighted by Gasteiger charge is -2.38. The highest BCUT2D eigenvalue weighted by atomic mass is 32.2. The Labute approximate surface area is 122 Å². The number of hydrogen-bond donors (Lipinski definition) is 1. The fourth-order valence-corrected chi connectivity index (χ4v) is 4.10. The van der Waals surface area contributed by atoms with E-state index in [0.29, 0.717) is 12.3 Å². The number of alkyl halides is 2. The van der Waals surface area contributed by atoms with Gasteiger partial charge in [0, 0.05) is 0 Å². The predicted molar refractivity (Wildman–Crippen MR) is 70.2 cm³/mol. The number of ether oxygens (including phenoxy) is 1. The first-order valence-electron chi connectivity index (χ1n) is 6.84. The summed E-state index contributed by atoms with van der Waals surface area (Å²) >= 11 is 0. The van der Waals surface area contributed by atoms with Crippen LogP contribution in [0.3, 0.4) is 0 Å². The van der Waals surface area contributed by atoms with E-state index in [2.05, 4.69) is 18.6 Å². The summed E-state index contributed by atoms with van der Waals surface area (Å²) in [7, 11) is -5.58. The highest BCUT2D eigenvalue weighted by Crippen LogP contribution is 2.68. The minimum Gasteiger partial charge on any atom is -0.458 e. The average Bonchev–Trinajstić information content (AvgIpc) is 2.67. The summed E-state index contributed by atoms with van der Waals surface area (Å²) < 4.78 is 60.1. The molecule has 0 amide bonds. The van der Waals surface area contributed by atoms with Crippen LogP contribution < -0.4 is 0 Å². The van der Waals surface area contributed by atoms with Crippen molar-refractivity contribution in [3.05, 3.63) is 0 Å². The molecule has 21 heavy (non-hydrogen) atoms. The van der Waals surface area contributed by atoms with Crippen LogP contribution in [-0.4, -0.2) is 30.8 Å². The largest absolute Gasteiger partial charge is 0.458 e. The Morgan fingerprint density at radius 2 is 1.95 bits per heavy atom. The molecule has 3 atom stereocenters. The first kappa shape index (κ1) is 16.6. The standard InChI is InChI=1S/C13H20F2O5S/c1-11(2)8-4-5-12(11,3)9(6-8)10(16)20-7-13(14,15)21(17,18)19/h8-9H,4-7H2,1-3H3,(H,17,18,19). The number of fused-ring (bicyclic) bond motifs is 2. The van der Waals surface area contributed by atoms with E-state index in [0.717, 1.165) is 12.8 Å². The van der Waals surface area contributed by atoms with Gasteiger partial charge in [-0.05, 0) is 36.0 Å². The van der Waals surface area contributed by atoms with Crippen LogP contribution in [-0.2, 0) is 19.6 Å². The molecule has 0 aliphatic heterocycles. The molecule has 1 N–H and O–H groups in total. The Hall–Kier alpha value is -0.760. The number of esters is 1. The van der Waals surface area contributed by atoms with Gasteiger partial charge in [-0.3, -0.25) is 9.35 Å². The van der Waals surface area contributed by atoms with E-state index in [1.54, 1.807) is 0 Å². The zero-order valence-electron chi connectivity index (χ0n) is 12.2. The molecule has 2 fully saturated rings. The molecule has 0 spiro atoms. The zero-order valence-corrected chi connectivity index (χ0v) is 13.0. The normalized spacial score (nSPS) is 35.0. The molecule has 2 aliphatic rings. The molecule has 0 aromatic rings. The number of carbonyl (C=O) groups is 1. The van der Waals surface area contributed by atoms with Crippen LogP contribution in [0.2, 0.25) is 0 Å². The van der Waals surface area contributed by atoms with E-state index in [1.165, 1.54) is 0 Å². The van der Waals surface area contributed by atoms with Crippen molar-refractivity contribution in [1.82, 2.24) is 0 Å². The maximum atomic E-state index is 13.1. The molecule has 2 rings (SSSR count). The van der Waals surface area contributed by atoms with Crippen molar-refractivity contribution in [3.8, 4) is 0 Å². The molecule has 2 aliphatic carbocycles. The SMILES string of the molecule is CC1(C)C2CCC1(C)C(C(=O)OCC(F)(F)S(=O)(=O)O)C2. The topological polar surface area (TPSA) is 80.7 Å². The molecule has 0 aromatic carbocycles. The minimum atomic E-state index is -5.58.